The third-order valence-electron chi connectivity index (χ3n) is 4.99. The van der Waals surface area contributed by atoms with Crippen molar-refractivity contribution in [2.75, 3.05) is 19.6 Å². The van der Waals surface area contributed by atoms with E-state index in [-0.39, 0.29) is 30.0 Å². The molecule has 2 atom stereocenters. The molecule has 1 aromatic rings. The van der Waals surface area contributed by atoms with Crippen LogP contribution in [0.2, 0.25) is 0 Å². The number of fused-ring (bicyclic) bond motifs is 4. The minimum atomic E-state index is -4.68. The summed E-state index contributed by atoms with van der Waals surface area (Å²) < 4.78 is 38.0. The first-order valence-corrected chi connectivity index (χ1v) is 8.62. The Balaban J connectivity index is 1.85. The van der Waals surface area contributed by atoms with E-state index in [4.69, 9.17) is 0 Å². The number of aromatic nitrogens is 1. The minimum absolute atomic E-state index is 0.0136. The first-order chi connectivity index (χ1) is 12.2. The molecular weight excluding hydrogens is 351 g/mol. The quantitative estimate of drug-likeness (QED) is 0.882. The molecule has 3 aliphatic rings. The van der Waals surface area contributed by atoms with Crippen molar-refractivity contribution < 1.29 is 22.8 Å². The van der Waals surface area contributed by atoms with Crippen molar-refractivity contribution >= 4 is 11.8 Å². The molecule has 0 unspecified atom stereocenters. The van der Waals surface area contributed by atoms with Gasteiger partial charge in [-0.1, -0.05) is 6.92 Å². The zero-order chi connectivity index (χ0) is 19.1. The van der Waals surface area contributed by atoms with Crippen LogP contribution in [0.25, 0.3) is 0 Å². The second-order valence-electron chi connectivity index (χ2n) is 6.78. The number of pyridine rings is 1. The predicted molar refractivity (Wildman–Crippen MR) is 86.5 cm³/mol. The van der Waals surface area contributed by atoms with Gasteiger partial charge in [0.25, 0.3) is 11.5 Å². The molecule has 3 aliphatic heterocycles. The summed E-state index contributed by atoms with van der Waals surface area (Å²) in [5.74, 6) is -0.944. The number of alkyl halides is 3. The maximum Gasteiger partial charge on any atom is 0.431 e. The van der Waals surface area contributed by atoms with E-state index in [2.05, 4.69) is 0 Å². The van der Waals surface area contributed by atoms with Gasteiger partial charge in [0.2, 0.25) is 5.91 Å². The third kappa shape index (κ3) is 3.34. The summed E-state index contributed by atoms with van der Waals surface area (Å²) in [6.45, 7) is 3.07. The van der Waals surface area contributed by atoms with Gasteiger partial charge in [0.15, 0.2) is 0 Å². The number of nitrogens with zero attached hydrogens (tertiary/aromatic N) is 2. The van der Waals surface area contributed by atoms with E-state index in [1.54, 1.807) is 9.88 Å². The Kier molecular flexibility index (Phi) is 4.81. The Morgan fingerprint density at radius 1 is 1.23 bits per heavy atom. The van der Waals surface area contributed by atoms with Crippen LogP contribution in [0, 0.1) is 5.92 Å². The number of hydrogen-bond acceptors (Lipinski definition) is 3. The van der Waals surface area contributed by atoms with Crippen molar-refractivity contribution in [2.24, 2.45) is 5.92 Å². The van der Waals surface area contributed by atoms with Crippen molar-refractivity contribution in [1.29, 1.82) is 0 Å². The highest BCUT2D eigenvalue weighted by Gasteiger charge is 2.42. The zero-order valence-corrected chi connectivity index (χ0v) is 14.3. The third-order valence-corrected chi connectivity index (χ3v) is 4.99. The van der Waals surface area contributed by atoms with Crippen LogP contribution in [0.3, 0.4) is 0 Å². The van der Waals surface area contributed by atoms with Crippen LogP contribution >= 0.6 is 0 Å². The number of amides is 2. The van der Waals surface area contributed by atoms with Crippen LogP contribution in [0.5, 0.6) is 0 Å². The standard InChI is InChI=1S/C17H20F3N3O3/c1-2-7-23-11-4-3-10(15(23)25)8-22(9-11)16(26)12-5-6-13(17(18,19)20)21-14(12)24/h5-6,10-11H,2-4,7-9H2,1H3,(H,21,24)/t10-,11+/m0/s1. The van der Waals surface area contributed by atoms with E-state index in [0.717, 1.165) is 18.9 Å². The number of nitrogens with one attached hydrogen (secondary N) is 1. The number of H-pyrrole nitrogens is 1. The molecule has 2 bridgehead atoms. The molecule has 9 heteroatoms. The first-order valence-electron chi connectivity index (χ1n) is 8.62. The number of aromatic amines is 1. The lowest BCUT2D eigenvalue weighted by molar-refractivity contribution is -0.141. The van der Waals surface area contributed by atoms with E-state index in [9.17, 15) is 27.6 Å². The van der Waals surface area contributed by atoms with Gasteiger partial charge in [0, 0.05) is 25.7 Å². The summed E-state index contributed by atoms with van der Waals surface area (Å²) >= 11 is 0. The fourth-order valence-corrected chi connectivity index (χ4v) is 3.72. The van der Waals surface area contributed by atoms with Crippen LogP contribution in [0.1, 0.15) is 42.2 Å². The number of rotatable bonds is 3. The lowest BCUT2D eigenvalue weighted by atomic mass is 9.94. The zero-order valence-electron chi connectivity index (χ0n) is 14.3. The SMILES string of the molecule is CCCN1C(=O)[C@H]2CC[C@@H]1CN(C(=O)c1ccc(C(F)(F)F)[nH]c1=O)C2. The highest BCUT2D eigenvalue weighted by atomic mass is 19.4. The molecule has 2 amide bonds. The van der Waals surface area contributed by atoms with Crippen molar-refractivity contribution in [3.8, 4) is 0 Å². The molecule has 1 aromatic heterocycles. The second kappa shape index (κ2) is 6.77. The van der Waals surface area contributed by atoms with Crippen molar-refractivity contribution in [3.05, 3.63) is 33.7 Å². The Hall–Kier alpha value is -2.32. The summed E-state index contributed by atoms with van der Waals surface area (Å²) in [5.41, 5.74) is -2.61. The Morgan fingerprint density at radius 3 is 2.58 bits per heavy atom. The van der Waals surface area contributed by atoms with Gasteiger partial charge in [-0.2, -0.15) is 13.2 Å². The van der Waals surface area contributed by atoms with Crippen LogP contribution in [-0.4, -0.2) is 52.3 Å². The number of carbonyl (C=O) groups is 2. The molecule has 4 rings (SSSR count). The summed E-state index contributed by atoms with van der Waals surface area (Å²) in [4.78, 5) is 42.2. The highest BCUT2D eigenvalue weighted by molar-refractivity contribution is 5.94. The molecule has 26 heavy (non-hydrogen) atoms. The van der Waals surface area contributed by atoms with Gasteiger partial charge < -0.3 is 14.8 Å². The van der Waals surface area contributed by atoms with Gasteiger partial charge in [-0.15, -0.1) is 0 Å². The first kappa shape index (κ1) is 18.5. The van der Waals surface area contributed by atoms with Gasteiger partial charge in [-0.3, -0.25) is 14.4 Å². The van der Waals surface area contributed by atoms with Crippen molar-refractivity contribution in [1.82, 2.24) is 14.8 Å². The molecule has 0 radical (unpaired) electrons. The fraction of sp³-hybridized carbons (Fsp3) is 0.588. The number of hydrogen-bond donors (Lipinski definition) is 1. The molecule has 0 saturated carbocycles. The van der Waals surface area contributed by atoms with E-state index < -0.39 is 23.3 Å². The van der Waals surface area contributed by atoms with Gasteiger partial charge >= 0.3 is 6.18 Å². The van der Waals surface area contributed by atoms with Gasteiger partial charge in [0.1, 0.15) is 11.3 Å². The fourth-order valence-electron chi connectivity index (χ4n) is 3.72. The molecule has 1 N–H and O–H groups in total. The largest absolute Gasteiger partial charge is 0.431 e. The van der Waals surface area contributed by atoms with Gasteiger partial charge in [0.05, 0.1) is 5.92 Å². The van der Waals surface area contributed by atoms with Crippen LogP contribution < -0.4 is 5.56 Å². The molecule has 0 aromatic carbocycles. The Morgan fingerprint density at radius 2 is 1.96 bits per heavy atom. The molecular formula is C17H20F3N3O3. The van der Waals surface area contributed by atoms with Crippen LogP contribution in [0.4, 0.5) is 13.2 Å². The summed E-state index contributed by atoms with van der Waals surface area (Å²) in [7, 11) is 0. The van der Waals surface area contributed by atoms with Gasteiger partial charge in [-0.05, 0) is 31.4 Å². The van der Waals surface area contributed by atoms with Gasteiger partial charge in [-0.25, -0.2) is 0 Å². The molecule has 3 fully saturated rings. The van der Waals surface area contributed by atoms with E-state index >= 15 is 0 Å². The molecule has 3 saturated heterocycles. The van der Waals surface area contributed by atoms with E-state index in [0.29, 0.717) is 25.6 Å². The van der Waals surface area contributed by atoms with Crippen LogP contribution in [-0.2, 0) is 11.0 Å². The lowest BCUT2D eigenvalue weighted by Gasteiger charge is -2.35. The predicted octanol–water partition coefficient (Wildman–Crippen LogP) is 1.87. The van der Waals surface area contributed by atoms with E-state index in [1.807, 2.05) is 6.92 Å². The lowest BCUT2D eigenvalue weighted by Crippen LogP contribution is -2.48. The average Bonchev–Trinajstić information content (AvgIpc) is 2.86. The Labute approximate surface area is 148 Å². The average molecular weight is 371 g/mol. The number of carbonyl (C=O) groups excluding carboxylic acids is 2. The Bertz CT molecular complexity index is 774. The molecule has 6 nitrogen and oxygen atoms in total. The monoisotopic (exact) mass is 371 g/mol. The minimum Gasteiger partial charge on any atom is -0.338 e. The summed E-state index contributed by atoms with van der Waals surface area (Å²) in [6.07, 6.45) is -2.42. The maximum atomic E-state index is 12.7. The number of piperidine rings is 1. The van der Waals surface area contributed by atoms with Crippen molar-refractivity contribution in [2.45, 2.75) is 38.4 Å². The van der Waals surface area contributed by atoms with E-state index in [1.165, 1.54) is 4.90 Å². The maximum absolute atomic E-state index is 12.7. The van der Waals surface area contributed by atoms with Crippen LogP contribution in [0.15, 0.2) is 16.9 Å². The van der Waals surface area contributed by atoms with Crippen molar-refractivity contribution in [3.63, 3.8) is 0 Å². The summed E-state index contributed by atoms with van der Waals surface area (Å²) in [6, 6.07) is 1.48. The second-order valence-corrected chi connectivity index (χ2v) is 6.78. The molecule has 0 aliphatic carbocycles. The highest BCUT2D eigenvalue weighted by Crippen LogP contribution is 2.30. The summed E-state index contributed by atoms with van der Waals surface area (Å²) in [5, 5.41) is 0. The topological polar surface area (TPSA) is 73.5 Å². The molecule has 142 valence electrons. The number of halogens is 3. The smallest absolute Gasteiger partial charge is 0.338 e. The molecule has 4 heterocycles. The normalized spacial score (nSPS) is 23.3. The molecule has 0 spiro atoms.